The number of unbranched alkanes of at least 4 members (excludes halogenated alkanes) is 4. The predicted molar refractivity (Wildman–Crippen MR) is 85.6 cm³/mol. The summed E-state index contributed by atoms with van der Waals surface area (Å²) in [6, 6.07) is 5.30. The molecule has 0 fully saturated rings. The number of halogens is 2. The minimum atomic E-state index is -0.237. The van der Waals surface area contributed by atoms with Gasteiger partial charge in [0.2, 0.25) is 0 Å². The number of rotatable bonds is 7. The van der Waals surface area contributed by atoms with Gasteiger partial charge >= 0.3 is 5.97 Å². The van der Waals surface area contributed by atoms with Gasteiger partial charge in [-0.05, 0) is 50.4 Å². The van der Waals surface area contributed by atoms with Crippen LogP contribution in [0.3, 0.4) is 0 Å². The molecule has 0 bridgehead atoms. The molecule has 108 valence electrons. The number of carbonyl (C=O) groups is 1. The molecule has 0 atom stereocenters. The lowest BCUT2D eigenvalue weighted by Gasteiger charge is -2.08. The third kappa shape index (κ3) is 5.26. The smallest absolute Gasteiger partial charge is 0.311 e. The molecule has 0 spiro atoms. The zero-order valence-corrected chi connectivity index (χ0v) is 14.6. The average molecular weight is 403 g/mol. The molecule has 0 N–H and O–H groups in total. The minimum Gasteiger partial charge on any atom is -0.425 e. The third-order valence-electron chi connectivity index (χ3n) is 2.88. The highest BCUT2D eigenvalue weighted by molar-refractivity contribution is 9.13. The maximum Gasteiger partial charge on any atom is 0.311 e. The van der Waals surface area contributed by atoms with Crippen molar-refractivity contribution in [3.05, 3.63) is 26.6 Å². The second-order valence-corrected chi connectivity index (χ2v) is 6.08. The molecule has 0 unspecified atom stereocenters. The van der Waals surface area contributed by atoms with Gasteiger partial charge in [-0.2, -0.15) is 5.26 Å². The van der Waals surface area contributed by atoms with Crippen molar-refractivity contribution < 1.29 is 9.53 Å². The summed E-state index contributed by atoms with van der Waals surface area (Å²) < 4.78 is 6.51. The molecular weight excluding hydrogens is 386 g/mol. The van der Waals surface area contributed by atoms with Crippen LogP contribution in [0.15, 0.2) is 21.1 Å². The first-order valence-electron chi connectivity index (χ1n) is 6.69. The van der Waals surface area contributed by atoms with Gasteiger partial charge in [-0.25, -0.2) is 0 Å². The van der Waals surface area contributed by atoms with Gasteiger partial charge < -0.3 is 4.74 Å². The van der Waals surface area contributed by atoms with Crippen molar-refractivity contribution in [1.82, 2.24) is 0 Å². The van der Waals surface area contributed by atoms with E-state index in [1.807, 2.05) is 0 Å². The van der Waals surface area contributed by atoms with Crippen LogP contribution < -0.4 is 4.74 Å². The van der Waals surface area contributed by atoms with E-state index in [0.717, 1.165) is 19.3 Å². The monoisotopic (exact) mass is 401 g/mol. The zero-order valence-electron chi connectivity index (χ0n) is 11.4. The lowest BCUT2D eigenvalue weighted by molar-refractivity contribution is -0.134. The number of hydrogen-bond donors (Lipinski definition) is 0. The Morgan fingerprint density at radius 2 is 1.90 bits per heavy atom. The van der Waals surface area contributed by atoms with Crippen molar-refractivity contribution in [1.29, 1.82) is 5.26 Å². The highest BCUT2D eigenvalue weighted by Gasteiger charge is 2.13. The summed E-state index contributed by atoms with van der Waals surface area (Å²) in [6.45, 7) is 2.16. The van der Waals surface area contributed by atoms with E-state index in [2.05, 4.69) is 44.9 Å². The van der Waals surface area contributed by atoms with Crippen LogP contribution in [0.4, 0.5) is 0 Å². The molecule has 0 aliphatic carbocycles. The first kappa shape index (κ1) is 17.2. The Morgan fingerprint density at radius 1 is 1.20 bits per heavy atom. The first-order chi connectivity index (χ1) is 9.60. The van der Waals surface area contributed by atoms with Gasteiger partial charge in [0, 0.05) is 6.42 Å². The number of esters is 1. The molecular formula is C15H17Br2NO2. The van der Waals surface area contributed by atoms with Crippen LogP contribution in [0.1, 0.15) is 51.0 Å². The fourth-order valence-electron chi connectivity index (χ4n) is 1.74. The summed E-state index contributed by atoms with van der Waals surface area (Å²) in [4.78, 5) is 11.7. The predicted octanol–water partition coefficient (Wildman–Crippen LogP) is 5.35. The van der Waals surface area contributed by atoms with E-state index in [9.17, 15) is 4.79 Å². The lowest BCUT2D eigenvalue weighted by atomic mass is 10.1. The van der Waals surface area contributed by atoms with Crippen molar-refractivity contribution in [2.75, 3.05) is 0 Å². The Morgan fingerprint density at radius 3 is 2.55 bits per heavy atom. The van der Waals surface area contributed by atoms with E-state index in [1.165, 1.54) is 12.8 Å². The molecule has 0 heterocycles. The van der Waals surface area contributed by atoms with Crippen LogP contribution >= 0.6 is 31.9 Å². The molecule has 0 aromatic heterocycles. The molecule has 5 heteroatoms. The Kier molecular flexibility index (Phi) is 7.86. The quantitative estimate of drug-likeness (QED) is 0.351. The molecule has 0 amide bonds. The van der Waals surface area contributed by atoms with Gasteiger partial charge in [-0.3, -0.25) is 4.79 Å². The Balaban J connectivity index is 2.51. The van der Waals surface area contributed by atoms with Gasteiger partial charge in [-0.1, -0.05) is 32.6 Å². The van der Waals surface area contributed by atoms with E-state index in [4.69, 9.17) is 10.00 Å². The summed E-state index contributed by atoms with van der Waals surface area (Å²) in [6.07, 6.45) is 5.90. The number of ether oxygens (including phenoxy) is 1. The minimum absolute atomic E-state index is 0.237. The van der Waals surface area contributed by atoms with Crippen molar-refractivity contribution in [2.24, 2.45) is 0 Å². The molecule has 0 radical (unpaired) electrons. The van der Waals surface area contributed by atoms with Crippen LogP contribution in [0.25, 0.3) is 0 Å². The average Bonchev–Trinajstić information content (AvgIpc) is 2.44. The Bertz CT molecular complexity index is 509. The first-order valence-corrected chi connectivity index (χ1v) is 8.27. The molecule has 0 saturated carbocycles. The number of benzene rings is 1. The van der Waals surface area contributed by atoms with Crippen molar-refractivity contribution >= 4 is 37.8 Å². The number of hydrogen-bond acceptors (Lipinski definition) is 3. The van der Waals surface area contributed by atoms with Gasteiger partial charge in [0.15, 0.2) is 0 Å². The molecule has 3 nitrogen and oxygen atoms in total. The summed E-state index contributed by atoms with van der Waals surface area (Å²) in [5, 5.41) is 8.89. The van der Waals surface area contributed by atoms with Crippen molar-refractivity contribution in [3.8, 4) is 11.8 Å². The second-order valence-electron chi connectivity index (χ2n) is 4.49. The van der Waals surface area contributed by atoms with Gasteiger partial charge in [0.05, 0.1) is 14.5 Å². The van der Waals surface area contributed by atoms with Crippen LogP contribution in [-0.4, -0.2) is 5.97 Å². The number of nitriles is 1. The summed E-state index contributed by atoms with van der Waals surface area (Å²) in [5.74, 6) is 0.202. The second kappa shape index (κ2) is 9.15. The van der Waals surface area contributed by atoms with Gasteiger partial charge in [0.1, 0.15) is 11.8 Å². The molecule has 1 rings (SSSR count). The topological polar surface area (TPSA) is 50.1 Å². The molecule has 1 aromatic rings. The van der Waals surface area contributed by atoms with E-state index < -0.39 is 0 Å². The molecule has 0 aliphatic heterocycles. The van der Waals surface area contributed by atoms with Crippen LogP contribution in [-0.2, 0) is 4.79 Å². The zero-order chi connectivity index (χ0) is 15.0. The fourth-order valence-corrected chi connectivity index (χ4v) is 2.59. The summed E-state index contributed by atoms with van der Waals surface area (Å²) >= 11 is 6.63. The summed E-state index contributed by atoms with van der Waals surface area (Å²) in [5.41, 5.74) is 0.497. The van der Waals surface area contributed by atoms with Gasteiger partial charge in [-0.15, -0.1) is 0 Å². The van der Waals surface area contributed by atoms with E-state index >= 15 is 0 Å². The van der Waals surface area contributed by atoms with E-state index in [-0.39, 0.29) is 5.97 Å². The van der Waals surface area contributed by atoms with Crippen molar-refractivity contribution in [3.63, 3.8) is 0 Å². The fraction of sp³-hybridized carbons (Fsp3) is 0.467. The molecule has 1 aromatic carbocycles. The highest BCUT2D eigenvalue weighted by atomic mass is 79.9. The molecule has 0 saturated heterocycles. The van der Waals surface area contributed by atoms with E-state index in [1.54, 1.807) is 12.1 Å². The maximum atomic E-state index is 11.7. The Hall–Kier alpha value is -0.860. The third-order valence-corrected chi connectivity index (χ3v) is 5.02. The highest BCUT2D eigenvalue weighted by Crippen LogP contribution is 2.35. The lowest BCUT2D eigenvalue weighted by Crippen LogP contribution is -2.08. The molecule has 0 aliphatic rings. The van der Waals surface area contributed by atoms with Crippen LogP contribution in [0, 0.1) is 11.3 Å². The van der Waals surface area contributed by atoms with Gasteiger partial charge in [0.25, 0.3) is 0 Å². The van der Waals surface area contributed by atoms with Crippen LogP contribution in [0.2, 0.25) is 0 Å². The standard InChI is InChI=1S/C15H17Br2NO2/c1-2-3-4-5-6-7-13(19)20-12-9-8-11(10-18)14(16)15(12)17/h8-9H,2-7H2,1H3. The largest absolute Gasteiger partial charge is 0.425 e. The van der Waals surface area contributed by atoms with E-state index in [0.29, 0.717) is 26.7 Å². The number of carbonyl (C=O) groups excluding carboxylic acids is 1. The maximum absolute atomic E-state index is 11.7. The molecule has 20 heavy (non-hydrogen) atoms. The number of nitrogens with zero attached hydrogens (tertiary/aromatic N) is 1. The summed E-state index contributed by atoms with van der Waals surface area (Å²) in [7, 11) is 0. The van der Waals surface area contributed by atoms with Crippen molar-refractivity contribution in [2.45, 2.75) is 45.4 Å². The van der Waals surface area contributed by atoms with Crippen LogP contribution in [0.5, 0.6) is 5.75 Å². The Labute approximate surface area is 136 Å². The normalized spacial score (nSPS) is 10.1. The SMILES string of the molecule is CCCCCCCC(=O)Oc1ccc(C#N)c(Br)c1Br.